The van der Waals surface area contributed by atoms with Gasteiger partial charge in [0.05, 0.1) is 6.54 Å². The molecule has 1 aromatic rings. The van der Waals surface area contributed by atoms with Crippen LogP contribution in [0.4, 0.5) is 5.82 Å². The SMILES string of the molecule is Nc1cccc(CCN2CCN(CC(=O)O)CC2)n1. The summed E-state index contributed by atoms with van der Waals surface area (Å²) >= 11 is 0. The molecule has 2 heterocycles. The number of anilines is 1. The normalized spacial score (nSPS) is 17.5. The maximum Gasteiger partial charge on any atom is 0.317 e. The maximum absolute atomic E-state index is 10.6. The Labute approximate surface area is 112 Å². The number of pyridine rings is 1. The molecule has 6 heteroatoms. The van der Waals surface area contributed by atoms with Gasteiger partial charge >= 0.3 is 5.97 Å². The third-order valence-corrected chi connectivity index (χ3v) is 3.34. The first-order valence-corrected chi connectivity index (χ1v) is 6.51. The van der Waals surface area contributed by atoms with Crippen molar-refractivity contribution in [1.82, 2.24) is 14.8 Å². The molecule has 1 aliphatic heterocycles. The molecular weight excluding hydrogens is 244 g/mol. The highest BCUT2D eigenvalue weighted by atomic mass is 16.4. The Morgan fingerprint density at radius 2 is 1.95 bits per heavy atom. The van der Waals surface area contributed by atoms with Crippen molar-refractivity contribution in [2.24, 2.45) is 0 Å². The predicted molar refractivity (Wildman–Crippen MR) is 72.9 cm³/mol. The first kappa shape index (κ1) is 13.8. The number of nitrogens with two attached hydrogens (primary N) is 1. The lowest BCUT2D eigenvalue weighted by molar-refractivity contribution is -0.138. The summed E-state index contributed by atoms with van der Waals surface area (Å²) in [5.41, 5.74) is 6.65. The molecule has 0 atom stereocenters. The molecule has 1 aromatic heterocycles. The van der Waals surface area contributed by atoms with Crippen molar-refractivity contribution in [2.45, 2.75) is 6.42 Å². The standard InChI is InChI=1S/C13H20N4O2/c14-12-3-1-2-11(15-12)4-5-16-6-8-17(9-7-16)10-13(18)19/h1-3H,4-10H2,(H2,14,15)(H,18,19). The zero-order valence-corrected chi connectivity index (χ0v) is 11.0. The average molecular weight is 264 g/mol. The number of aromatic nitrogens is 1. The molecule has 0 spiro atoms. The minimum Gasteiger partial charge on any atom is -0.480 e. The van der Waals surface area contributed by atoms with Gasteiger partial charge in [0.2, 0.25) is 0 Å². The zero-order chi connectivity index (χ0) is 13.7. The van der Waals surface area contributed by atoms with Gasteiger partial charge in [0.15, 0.2) is 0 Å². The van der Waals surface area contributed by atoms with Crippen molar-refractivity contribution >= 4 is 11.8 Å². The van der Waals surface area contributed by atoms with E-state index in [2.05, 4.69) is 9.88 Å². The fraction of sp³-hybridized carbons (Fsp3) is 0.538. The molecule has 0 bridgehead atoms. The van der Waals surface area contributed by atoms with Crippen molar-refractivity contribution in [3.63, 3.8) is 0 Å². The molecule has 0 radical (unpaired) electrons. The van der Waals surface area contributed by atoms with Gasteiger partial charge in [-0.25, -0.2) is 4.98 Å². The topological polar surface area (TPSA) is 82.7 Å². The molecule has 0 unspecified atom stereocenters. The molecule has 2 rings (SSSR count). The van der Waals surface area contributed by atoms with Crippen molar-refractivity contribution in [3.05, 3.63) is 23.9 Å². The summed E-state index contributed by atoms with van der Waals surface area (Å²) in [7, 11) is 0. The lowest BCUT2D eigenvalue weighted by Crippen LogP contribution is -2.48. The van der Waals surface area contributed by atoms with Gasteiger partial charge in [0.25, 0.3) is 0 Å². The zero-order valence-electron chi connectivity index (χ0n) is 11.0. The highest BCUT2D eigenvalue weighted by Gasteiger charge is 2.18. The van der Waals surface area contributed by atoms with E-state index in [4.69, 9.17) is 10.8 Å². The van der Waals surface area contributed by atoms with Crippen LogP contribution in [-0.4, -0.2) is 65.1 Å². The van der Waals surface area contributed by atoms with Crippen LogP contribution in [0.25, 0.3) is 0 Å². The molecule has 1 aliphatic rings. The van der Waals surface area contributed by atoms with Gasteiger partial charge in [0, 0.05) is 44.8 Å². The van der Waals surface area contributed by atoms with Crippen LogP contribution >= 0.6 is 0 Å². The molecule has 3 N–H and O–H groups in total. The fourth-order valence-corrected chi connectivity index (χ4v) is 2.27. The second kappa shape index (κ2) is 6.49. The Kier molecular flexibility index (Phi) is 4.70. The van der Waals surface area contributed by atoms with E-state index in [-0.39, 0.29) is 6.54 Å². The molecule has 1 saturated heterocycles. The van der Waals surface area contributed by atoms with E-state index >= 15 is 0 Å². The fourth-order valence-electron chi connectivity index (χ4n) is 2.27. The smallest absolute Gasteiger partial charge is 0.317 e. The number of hydrogen-bond donors (Lipinski definition) is 2. The molecule has 0 aliphatic carbocycles. The van der Waals surface area contributed by atoms with E-state index in [1.807, 2.05) is 17.0 Å². The van der Waals surface area contributed by atoms with Gasteiger partial charge in [-0.05, 0) is 12.1 Å². The predicted octanol–water partition coefficient (Wildman–Crippen LogP) is -0.0915. The highest BCUT2D eigenvalue weighted by Crippen LogP contribution is 2.05. The number of rotatable bonds is 5. The molecular formula is C13H20N4O2. The van der Waals surface area contributed by atoms with E-state index in [1.54, 1.807) is 6.07 Å². The minimum atomic E-state index is -0.752. The van der Waals surface area contributed by atoms with Crippen LogP contribution in [0.3, 0.4) is 0 Å². The Hall–Kier alpha value is -1.66. The number of hydrogen-bond acceptors (Lipinski definition) is 5. The van der Waals surface area contributed by atoms with Crippen molar-refractivity contribution < 1.29 is 9.90 Å². The number of nitrogens with zero attached hydrogens (tertiary/aromatic N) is 3. The van der Waals surface area contributed by atoms with Crippen LogP contribution in [0.5, 0.6) is 0 Å². The number of aliphatic carboxylic acids is 1. The van der Waals surface area contributed by atoms with Crippen LogP contribution in [0, 0.1) is 0 Å². The maximum atomic E-state index is 10.6. The minimum absolute atomic E-state index is 0.143. The van der Waals surface area contributed by atoms with Gasteiger partial charge in [-0.15, -0.1) is 0 Å². The summed E-state index contributed by atoms with van der Waals surface area (Å²) in [6.45, 7) is 4.54. The van der Waals surface area contributed by atoms with Gasteiger partial charge in [0.1, 0.15) is 5.82 Å². The molecule has 6 nitrogen and oxygen atoms in total. The van der Waals surface area contributed by atoms with Gasteiger partial charge in [-0.2, -0.15) is 0 Å². The Balaban J connectivity index is 1.72. The Bertz CT molecular complexity index is 430. The van der Waals surface area contributed by atoms with Gasteiger partial charge < -0.3 is 15.7 Å². The third kappa shape index (κ3) is 4.50. The highest BCUT2D eigenvalue weighted by molar-refractivity contribution is 5.69. The third-order valence-electron chi connectivity index (χ3n) is 3.34. The Morgan fingerprint density at radius 1 is 1.26 bits per heavy atom. The molecule has 1 fully saturated rings. The van der Waals surface area contributed by atoms with E-state index < -0.39 is 5.97 Å². The molecule has 0 saturated carbocycles. The quantitative estimate of drug-likeness (QED) is 0.773. The summed E-state index contributed by atoms with van der Waals surface area (Å²) < 4.78 is 0. The van der Waals surface area contributed by atoms with Gasteiger partial charge in [-0.1, -0.05) is 6.07 Å². The molecule has 0 aromatic carbocycles. The van der Waals surface area contributed by atoms with E-state index in [0.29, 0.717) is 5.82 Å². The first-order valence-electron chi connectivity index (χ1n) is 6.51. The van der Waals surface area contributed by atoms with Crippen LogP contribution < -0.4 is 5.73 Å². The lowest BCUT2D eigenvalue weighted by Gasteiger charge is -2.33. The van der Waals surface area contributed by atoms with E-state index in [1.165, 1.54) is 0 Å². The summed E-state index contributed by atoms with van der Waals surface area (Å²) in [5.74, 6) is -0.193. The summed E-state index contributed by atoms with van der Waals surface area (Å²) in [6.07, 6.45) is 0.879. The van der Waals surface area contributed by atoms with Crippen LogP contribution in [0.1, 0.15) is 5.69 Å². The Morgan fingerprint density at radius 3 is 2.58 bits per heavy atom. The number of carboxylic acid groups (broad SMARTS) is 1. The van der Waals surface area contributed by atoms with Crippen LogP contribution in [0.2, 0.25) is 0 Å². The van der Waals surface area contributed by atoms with Crippen LogP contribution in [0.15, 0.2) is 18.2 Å². The lowest BCUT2D eigenvalue weighted by atomic mass is 10.2. The second-order valence-corrected chi connectivity index (χ2v) is 4.82. The molecule has 19 heavy (non-hydrogen) atoms. The van der Waals surface area contributed by atoms with Crippen molar-refractivity contribution in [3.8, 4) is 0 Å². The number of carbonyl (C=O) groups is 1. The number of carboxylic acids is 1. The monoisotopic (exact) mass is 264 g/mol. The van der Waals surface area contributed by atoms with Crippen LogP contribution in [-0.2, 0) is 11.2 Å². The molecule has 0 amide bonds. The number of nitrogen functional groups attached to an aromatic ring is 1. The second-order valence-electron chi connectivity index (χ2n) is 4.82. The van der Waals surface area contributed by atoms with E-state index in [9.17, 15) is 4.79 Å². The molecule has 104 valence electrons. The number of piperazine rings is 1. The summed E-state index contributed by atoms with van der Waals surface area (Å²) in [5, 5.41) is 8.73. The summed E-state index contributed by atoms with van der Waals surface area (Å²) in [6, 6.07) is 5.69. The van der Waals surface area contributed by atoms with Gasteiger partial charge in [-0.3, -0.25) is 9.69 Å². The summed E-state index contributed by atoms with van der Waals surface area (Å²) in [4.78, 5) is 19.2. The van der Waals surface area contributed by atoms with E-state index in [0.717, 1.165) is 44.8 Å². The largest absolute Gasteiger partial charge is 0.480 e. The first-order chi connectivity index (χ1) is 9.13. The van der Waals surface area contributed by atoms with Crippen molar-refractivity contribution in [2.75, 3.05) is 45.0 Å². The average Bonchev–Trinajstić information content (AvgIpc) is 2.37. The van der Waals surface area contributed by atoms with Crippen molar-refractivity contribution in [1.29, 1.82) is 0 Å².